The Labute approximate surface area is 188 Å². The summed E-state index contributed by atoms with van der Waals surface area (Å²) < 4.78 is 39.1. The SMILES string of the molecule is [2H]C([2H])([2H])NC(=O)c1ccc(N2CCN(C([2H])([2H])c3cnc4cc(CC)c(=O)[nH]c4c3)[C@H](C)C2)cn1. The van der Waals surface area contributed by atoms with Gasteiger partial charge in [0.1, 0.15) is 5.69 Å². The molecule has 31 heavy (non-hydrogen) atoms. The average Bonchev–Trinajstić information content (AvgIpc) is 2.82. The van der Waals surface area contributed by atoms with Gasteiger partial charge >= 0.3 is 0 Å². The molecule has 8 heteroatoms. The van der Waals surface area contributed by atoms with Gasteiger partial charge in [-0.15, -0.1) is 0 Å². The third-order valence-electron chi connectivity index (χ3n) is 5.51. The number of piperazine rings is 1. The highest BCUT2D eigenvalue weighted by molar-refractivity contribution is 5.92. The van der Waals surface area contributed by atoms with Crippen molar-refractivity contribution < 1.29 is 11.6 Å². The molecule has 2 N–H and O–H groups in total. The highest BCUT2D eigenvalue weighted by Gasteiger charge is 2.24. The van der Waals surface area contributed by atoms with Crippen molar-refractivity contribution in [1.82, 2.24) is 25.2 Å². The molecule has 4 heterocycles. The fraction of sp³-hybridized carbons (Fsp3) is 0.391. The average molecular weight is 426 g/mol. The van der Waals surface area contributed by atoms with Gasteiger partial charge in [-0.2, -0.15) is 0 Å². The van der Waals surface area contributed by atoms with Crippen LogP contribution in [0.4, 0.5) is 5.69 Å². The number of fused-ring (bicyclic) bond motifs is 1. The van der Waals surface area contributed by atoms with E-state index in [0.717, 1.165) is 5.69 Å². The molecule has 0 aromatic carbocycles. The van der Waals surface area contributed by atoms with Crippen molar-refractivity contribution in [2.24, 2.45) is 0 Å². The van der Waals surface area contributed by atoms with E-state index in [4.69, 9.17) is 6.85 Å². The van der Waals surface area contributed by atoms with E-state index in [2.05, 4.69) is 15.0 Å². The number of hydrogen-bond donors (Lipinski definition) is 2. The van der Waals surface area contributed by atoms with Gasteiger partial charge in [0.2, 0.25) is 0 Å². The van der Waals surface area contributed by atoms with E-state index in [9.17, 15) is 9.59 Å². The Kier molecular flexibility index (Phi) is 4.43. The molecule has 1 fully saturated rings. The molecule has 0 bridgehead atoms. The van der Waals surface area contributed by atoms with Crippen LogP contribution < -0.4 is 15.8 Å². The second-order valence-electron chi connectivity index (χ2n) is 7.59. The first-order valence-electron chi connectivity index (χ1n) is 12.7. The lowest BCUT2D eigenvalue weighted by Gasteiger charge is -2.41. The van der Waals surface area contributed by atoms with Crippen molar-refractivity contribution in [1.29, 1.82) is 0 Å². The minimum Gasteiger partial charge on any atom is -0.367 e. The fourth-order valence-corrected chi connectivity index (χ4v) is 3.74. The maximum absolute atomic E-state index is 12.2. The summed E-state index contributed by atoms with van der Waals surface area (Å²) in [6, 6.07) is 6.38. The molecule has 0 aliphatic carbocycles. The van der Waals surface area contributed by atoms with Crippen LogP contribution in [0.1, 0.15) is 42.3 Å². The summed E-state index contributed by atoms with van der Waals surface area (Å²) in [5.41, 5.74) is 2.68. The number of anilines is 1. The number of hydrogen-bond acceptors (Lipinski definition) is 6. The lowest BCUT2D eigenvalue weighted by atomic mass is 10.1. The third kappa shape index (κ3) is 4.44. The molecule has 0 saturated carbocycles. The minimum atomic E-state index is -2.59. The molecule has 1 aliphatic rings. The Balaban J connectivity index is 1.48. The summed E-state index contributed by atoms with van der Waals surface area (Å²) in [5, 5.41) is 1.91. The smallest absolute Gasteiger partial charge is 0.269 e. The van der Waals surface area contributed by atoms with Gasteiger partial charge in [0.15, 0.2) is 0 Å². The first-order chi connectivity index (χ1) is 16.9. The van der Waals surface area contributed by atoms with Gasteiger partial charge in [0, 0.05) is 57.8 Å². The topological polar surface area (TPSA) is 94.2 Å². The Bertz CT molecular complexity index is 1330. The maximum Gasteiger partial charge on any atom is 0.269 e. The number of nitrogens with one attached hydrogen (secondary N) is 2. The van der Waals surface area contributed by atoms with Crippen LogP contribution in [-0.4, -0.2) is 58.4 Å². The van der Waals surface area contributed by atoms with E-state index in [1.807, 2.05) is 24.1 Å². The minimum absolute atomic E-state index is 0.00537. The number of aryl methyl sites for hydroxylation is 1. The Morgan fingerprint density at radius 1 is 1.32 bits per heavy atom. The summed E-state index contributed by atoms with van der Waals surface area (Å²) in [4.78, 5) is 39.3. The van der Waals surface area contributed by atoms with Crippen LogP contribution in [0.2, 0.25) is 0 Å². The lowest BCUT2D eigenvalue weighted by Crippen LogP contribution is -2.51. The van der Waals surface area contributed by atoms with Crippen LogP contribution >= 0.6 is 0 Å². The number of carbonyl (C=O) groups is 1. The van der Waals surface area contributed by atoms with Crippen LogP contribution in [0.3, 0.4) is 0 Å². The highest BCUT2D eigenvalue weighted by atomic mass is 16.1. The summed E-state index contributed by atoms with van der Waals surface area (Å²) in [6.07, 6.45) is 3.62. The number of amides is 1. The number of aromatic amines is 1. The zero-order chi connectivity index (χ0) is 26.3. The van der Waals surface area contributed by atoms with E-state index in [0.29, 0.717) is 48.2 Å². The Morgan fingerprint density at radius 2 is 2.19 bits per heavy atom. The van der Waals surface area contributed by atoms with Crippen molar-refractivity contribution in [2.75, 3.05) is 31.5 Å². The molecule has 1 saturated heterocycles. The summed E-state index contributed by atoms with van der Waals surface area (Å²) in [5.74, 6) is -0.774. The molecule has 0 spiro atoms. The summed E-state index contributed by atoms with van der Waals surface area (Å²) >= 11 is 0. The van der Waals surface area contributed by atoms with E-state index < -0.39 is 19.4 Å². The molecular weight excluding hydrogens is 392 g/mol. The number of rotatable bonds is 5. The highest BCUT2D eigenvalue weighted by Crippen LogP contribution is 2.21. The predicted octanol–water partition coefficient (Wildman–Crippen LogP) is 1.95. The predicted molar refractivity (Wildman–Crippen MR) is 121 cm³/mol. The maximum atomic E-state index is 12.2. The molecule has 0 unspecified atom stereocenters. The largest absolute Gasteiger partial charge is 0.367 e. The fourth-order valence-electron chi connectivity index (χ4n) is 3.74. The number of carbonyl (C=O) groups excluding carboxylic acids is 1. The number of pyridine rings is 3. The van der Waals surface area contributed by atoms with E-state index in [-0.39, 0.29) is 17.3 Å². The van der Waals surface area contributed by atoms with Gasteiger partial charge in [0.25, 0.3) is 11.5 Å². The first kappa shape index (κ1) is 15.5. The van der Waals surface area contributed by atoms with Gasteiger partial charge in [-0.05, 0) is 43.2 Å². The van der Waals surface area contributed by atoms with Gasteiger partial charge in [-0.1, -0.05) is 6.92 Å². The van der Waals surface area contributed by atoms with Crippen molar-refractivity contribution >= 4 is 22.6 Å². The molecular formula is C23H28N6O2. The molecule has 1 amide bonds. The van der Waals surface area contributed by atoms with Crippen LogP contribution in [0.25, 0.3) is 11.0 Å². The van der Waals surface area contributed by atoms with Crippen LogP contribution in [0.15, 0.2) is 41.5 Å². The lowest BCUT2D eigenvalue weighted by molar-refractivity contribution is 0.0958. The van der Waals surface area contributed by atoms with Crippen LogP contribution in [0, 0.1) is 0 Å². The molecule has 1 atom stereocenters. The normalized spacial score (nSPS) is 20.4. The van der Waals surface area contributed by atoms with E-state index in [1.165, 1.54) is 18.5 Å². The second-order valence-corrected chi connectivity index (χ2v) is 7.59. The van der Waals surface area contributed by atoms with Gasteiger partial charge < -0.3 is 15.2 Å². The van der Waals surface area contributed by atoms with Crippen molar-refractivity contribution in [3.05, 3.63) is 63.8 Å². The molecule has 3 aromatic rings. The molecule has 4 rings (SSSR count). The Hall–Kier alpha value is -3.26. The third-order valence-corrected chi connectivity index (χ3v) is 5.51. The number of aromatic nitrogens is 3. The van der Waals surface area contributed by atoms with Gasteiger partial charge in [-0.3, -0.25) is 19.5 Å². The summed E-state index contributed by atoms with van der Waals surface area (Å²) in [7, 11) is 0. The quantitative estimate of drug-likeness (QED) is 0.649. The van der Waals surface area contributed by atoms with Gasteiger partial charge in [0.05, 0.1) is 22.9 Å². The molecule has 1 aliphatic heterocycles. The molecule has 162 valence electrons. The van der Waals surface area contributed by atoms with Crippen LogP contribution in [0.5, 0.6) is 0 Å². The number of nitrogens with zero attached hydrogens (tertiary/aromatic N) is 4. The second kappa shape index (κ2) is 8.85. The molecule has 3 aromatic heterocycles. The van der Waals surface area contributed by atoms with Gasteiger partial charge in [-0.25, -0.2) is 4.98 Å². The van der Waals surface area contributed by atoms with E-state index >= 15 is 0 Å². The van der Waals surface area contributed by atoms with E-state index in [1.54, 1.807) is 23.1 Å². The van der Waals surface area contributed by atoms with Crippen molar-refractivity contribution in [3.63, 3.8) is 0 Å². The zero-order valence-corrected chi connectivity index (χ0v) is 17.5. The first-order valence-corrected chi connectivity index (χ1v) is 10.2. The van der Waals surface area contributed by atoms with Crippen LogP contribution in [-0.2, 0) is 12.9 Å². The number of H-pyrrole nitrogens is 1. The van der Waals surface area contributed by atoms with Crippen molar-refractivity contribution in [2.45, 2.75) is 32.8 Å². The Morgan fingerprint density at radius 3 is 2.90 bits per heavy atom. The summed E-state index contributed by atoms with van der Waals surface area (Å²) in [6.45, 7) is 0.868. The monoisotopic (exact) mass is 425 g/mol. The molecule has 0 radical (unpaired) electrons. The molecule has 8 nitrogen and oxygen atoms in total. The standard InChI is InChI=1S/C23H28N6O2/c1-4-17-10-20-21(27-22(17)30)9-16(11-25-20)14-28-7-8-29(13-15(28)2)18-5-6-19(26-12-18)23(31)24-3/h5-6,9-12,15H,4,7-8,13-14H2,1-3H3,(H,24,31)(H,27,30)/t15-/m1/s1/i3D3,14D2. The van der Waals surface area contributed by atoms with Crippen molar-refractivity contribution in [3.8, 4) is 0 Å². The zero-order valence-electron chi connectivity index (χ0n) is 22.5.